The summed E-state index contributed by atoms with van der Waals surface area (Å²) in [5.41, 5.74) is 0.387. The summed E-state index contributed by atoms with van der Waals surface area (Å²) in [4.78, 5) is 12.9. The van der Waals surface area contributed by atoms with Gasteiger partial charge in [0, 0.05) is 0 Å². The Bertz CT molecular complexity index is 475. The number of carbonyl (C=O) groups is 1. The van der Waals surface area contributed by atoms with Gasteiger partial charge in [-0.3, -0.25) is 4.79 Å². The van der Waals surface area contributed by atoms with Gasteiger partial charge in [0.05, 0.1) is 18.9 Å². The Morgan fingerprint density at radius 1 is 1.64 bits per heavy atom. The predicted octanol–water partition coefficient (Wildman–Crippen LogP) is 0.797. The molecule has 2 rings (SSSR count). The van der Waals surface area contributed by atoms with E-state index in [1.54, 1.807) is 13.1 Å². The molecule has 6 nitrogen and oxygen atoms in total. The Morgan fingerprint density at radius 2 is 2.43 bits per heavy atom. The molecule has 0 saturated carbocycles. The maximum atomic E-state index is 11.7. The van der Waals surface area contributed by atoms with E-state index in [0.717, 1.165) is 0 Å². The number of nitrogens with zero attached hydrogens (tertiary/aromatic N) is 4. The zero-order valence-corrected chi connectivity index (χ0v) is 8.72. The van der Waals surface area contributed by atoms with E-state index in [2.05, 4.69) is 31.3 Å². The number of aryl methyl sites for hydroxylation is 1. The minimum atomic E-state index is -0.321. The summed E-state index contributed by atoms with van der Waals surface area (Å²) < 4.78 is 5.30. The van der Waals surface area contributed by atoms with Crippen LogP contribution in [0.1, 0.15) is 16.2 Å². The second kappa shape index (κ2) is 3.33. The standard InChI is InChI=1S/C7H5BrN4O2/c1-12-10-7(9-11-12)5(13)4-2-3-14-6(4)8/h2-3H,1H3. The van der Waals surface area contributed by atoms with Crippen molar-refractivity contribution in [2.75, 3.05) is 0 Å². The molecule has 0 aromatic carbocycles. The molecule has 0 bridgehead atoms. The lowest BCUT2D eigenvalue weighted by molar-refractivity contribution is 0.102. The fourth-order valence-electron chi connectivity index (χ4n) is 0.951. The quantitative estimate of drug-likeness (QED) is 0.744. The molecule has 0 atom stereocenters. The van der Waals surface area contributed by atoms with Gasteiger partial charge in [-0.2, -0.15) is 4.80 Å². The van der Waals surface area contributed by atoms with Crippen LogP contribution in [0.3, 0.4) is 0 Å². The van der Waals surface area contributed by atoms with Gasteiger partial charge >= 0.3 is 0 Å². The molecule has 0 N–H and O–H groups in total. The number of halogens is 1. The van der Waals surface area contributed by atoms with Gasteiger partial charge in [-0.05, 0) is 27.2 Å². The van der Waals surface area contributed by atoms with E-state index in [9.17, 15) is 4.79 Å². The molecule has 0 fully saturated rings. The third kappa shape index (κ3) is 1.46. The van der Waals surface area contributed by atoms with Crippen molar-refractivity contribution in [1.29, 1.82) is 0 Å². The predicted molar refractivity (Wildman–Crippen MR) is 48.6 cm³/mol. The second-order valence-electron chi connectivity index (χ2n) is 2.54. The van der Waals surface area contributed by atoms with Gasteiger partial charge in [-0.15, -0.1) is 10.2 Å². The van der Waals surface area contributed by atoms with Crippen LogP contribution >= 0.6 is 15.9 Å². The summed E-state index contributed by atoms with van der Waals surface area (Å²) in [6.07, 6.45) is 1.41. The molecule has 0 spiro atoms. The highest BCUT2D eigenvalue weighted by atomic mass is 79.9. The van der Waals surface area contributed by atoms with Crippen molar-refractivity contribution in [3.63, 3.8) is 0 Å². The highest BCUT2D eigenvalue weighted by molar-refractivity contribution is 9.10. The van der Waals surface area contributed by atoms with E-state index >= 15 is 0 Å². The van der Waals surface area contributed by atoms with Crippen molar-refractivity contribution >= 4 is 21.7 Å². The van der Waals surface area contributed by atoms with Crippen LogP contribution in [0.25, 0.3) is 0 Å². The number of aromatic nitrogens is 4. The van der Waals surface area contributed by atoms with Gasteiger partial charge in [0.15, 0.2) is 4.67 Å². The minimum Gasteiger partial charge on any atom is -0.457 e. The average molecular weight is 257 g/mol. The maximum Gasteiger partial charge on any atom is 0.245 e. The van der Waals surface area contributed by atoms with Crippen molar-refractivity contribution < 1.29 is 9.21 Å². The molecule has 14 heavy (non-hydrogen) atoms. The molecule has 2 aromatic heterocycles. The molecular weight excluding hydrogens is 252 g/mol. The minimum absolute atomic E-state index is 0.0506. The molecule has 0 aliphatic heterocycles. The third-order valence-corrected chi connectivity index (χ3v) is 2.19. The molecule has 0 radical (unpaired) electrons. The van der Waals surface area contributed by atoms with Crippen LogP contribution in [-0.4, -0.2) is 26.0 Å². The normalized spacial score (nSPS) is 10.4. The van der Waals surface area contributed by atoms with E-state index in [-0.39, 0.29) is 11.6 Å². The van der Waals surface area contributed by atoms with E-state index in [4.69, 9.17) is 4.42 Å². The Kier molecular flexibility index (Phi) is 2.16. The number of hydrogen-bond donors (Lipinski definition) is 0. The highest BCUT2D eigenvalue weighted by Crippen LogP contribution is 2.19. The van der Waals surface area contributed by atoms with Crippen LogP contribution in [0, 0.1) is 0 Å². The first-order valence-electron chi connectivity index (χ1n) is 3.70. The summed E-state index contributed by atoms with van der Waals surface area (Å²) in [5.74, 6) is -0.270. The Balaban J connectivity index is 2.38. The molecule has 0 amide bonds. The zero-order valence-electron chi connectivity index (χ0n) is 7.14. The van der Waals surface area contributed by atoms with Crippen LogP contribution in [0.5, 0.6) is 0 Å². The second-order valence-corrected chi connectivity index (χ2v) is 3.26. The molecule has 0 aliphatic rings. The summed E-state index contributed by atoms with van der Waals surface area (Å²) in [6, 6.07) is 1.54. The SMILES string of the molecule is Cn1nnc(C(=O)c2ccoc2Br)n1. The van der Waals surface area contributed by atoms with Crippen LogP contribution in [0.4, 0.5) is 0 Å². The Labute approximate surface area is 87.0 Å². The van der Waals surface area contributed by atoms with Gasteiger partial charge in [0.1, 0.15) is 0 Å². The fraction of sp³-hybridized carbons (Fsp3) is 0.143. The number of furan rings is 1. The summed E-state index contributed by atoms with van der Waals surface area (Å²) in [7, 11) is 1.59. The first kappa shape index (κ1) is 9.07. The van der Waals surface area contributed by atoms with Crippen LogP contribution in [-0.2, 0) is 7.05 Å². The molecular formula is C7H5BrN4O2. The molecule has 72 valence electrons. The van der Waals surface area contributed by atoms with Gasteiger partial charge < -0.3 is 4.42 Å². The summed E-state index contributed by atoms with van der Waals surface area (Å²) >= 11 is 3.10. The smallest absolute Gasteiger partial charge is 0.245 e. The molecule has 0 unspecified atom stereocenters. The van der Waals surface area contributed by atoms with Crippen LogP contribution in [0.2, 0.25) is 0 Å². The van der Waals surface area contributed by atoms with Crippen LogP contribution < -0.4 is 0 Å². The lowest BCUT2D eigenvalue weighted by Gasteiger charge is -1.89. The molecule has 7 heteroatoms. The van der Waals surface area contributed by atoms with Crippen LogP contribution in [0.15, 0.2) is 21.4 Å². The maximum absolute atomic E-state index is 11.7. The monoisotopic (exact) mass is 256 g/mol. The van der Waals surface area contributed by atoms with E-state index in [1.807, 2.05) is 0 Å². The fourth-order valence-corrected chi connectivity index (χ4v) is 1.37. The summed E-state index contributed by atoms with van der Waals surface area (Å²) in [5, 5.41) is 11.0. The van der Waals surface area contributed by atoms with Crippen molar-refractivity contribution in [1.82, 2.24) is 20.2 Å². The van der Waals surface area contributed by atoms with Gasteiger partial charge in [0.25, 0.3) is 0 Å². The van der Waals surface area contributed by atoms with Gasteiger partial charge in [-0.1, -0.05) is 0 Å². The third-order valence-electron chi connectivity index (χ3n) is 1.57. The Morgan fingerprint density at radius 3 is 2.93 bits per heavy atom. The topological polar surface area (TPSA) is 73.8 Å². The van der Waals surface area contributed by atoms with Crippen molar-refractivity contribution in [3.8, 4) is 0 Å². The highest BCUT2D eigenvalue weighted by Gasteiger charge is 2.19. The lowest BCUT2D eigenvalue weighted by atomic mass is 10.2. The number of hydrogen-bond acceptors (Lipinski definition) is 5. The lowest BCUT2D eigenvalue weighted by Crippen LogP contribution is -2.04. The van der Waals surface area contributed by atoms with E-state index in [1.165, 1.54) is 11.1 Å². The van der Waals surface area contributed by atoms with Gasteiger partial charge in [0.2, 0.25) is 11.6 Å². The Hall–Kier alpha value is -1.50. The number of ketones is 1. The molecule has 2 heterocycles. The molecule has 0 saturated heterocycles. The number of rotatable bonds is 2. The number of carbonyl (C=O) groups excluding carboxylic acids is 1. The first-order chi connectivity index (χ1) is 6.68. The molecule has 0 aliphatic carbocycles. The van der Waals surface area contributed by atoms with Crippen molar-refractivity contribution in [2.45, 2.75) is 0 Å². The zero-order chi connectivity index (χ0) is 10.1. The summed E-state index contributed by atoms with van der Waals surface area (Å²) in [6.45, 7) is 0. The van der Waals surface area contributed by atoms with Crippen molar-refractivity contribution in [3.05, 3.63) is 28.4 Å². The number of tetrazole rings is 1. The van der Waals surface area contributed by atoms with Gasteiger partial charge in [-0.25, -0.2) is 0 Å². The van der Waals surface area contributed by atoms with E-state index < -0.39 is 0 Å². The first-order valence-corrected chi connectivity index (χ1v) is 4.49. The average Bonchev–Trinajstić information content (AvgIpc) is 2.73. The van der Waals surface area contributed by atoms with E-state index in [0.29, 0.717) is 10.2 Å². The molecule has 2 aromatic rings. The largest absolute Gasteiger partial charge is 0.457 e. The van der Waals surface area contributed by atoms with Crippen molar-refractivity contribution in [2.24, 2.45) is 7.05 Å².